The first kappa shape index (κ1) is 24.3. The molecule has 6 heteroatoms. The number of thioether (sulfide) groups is 1. The molecule has 1 N–H and O–H groups in total. The van der Waals surface area contributed by atoms with Crippen molar-refractivity contribution in [1.82, 2.24) is 10.2 Å². The fourth-order valence-electron chi connectivity index (χ4n) is 3.01. The molecular weight excluding hydrogens is 416 g/mol. The number of nitrogens with one attached hydrogen (secondary N) is 1. The monoisotopic (exact) mass is 446 g/mol. The molecule has 0 aliphatic carbocycles. The molecule has 0 aliphatic rings. The molecule has 2 atom stereocenters. The third kappa shape index (κ3) is 7.37. The van der Waals surface area contributed by atoms with Gasteiger partial charge < -0.3 is 10.2 Å². The number of nitrogens with zero attached hydrogens (tertiary/aromatic N) is 1. The normalized spacial score (nSPS) is 12.8. The Morgan fingerprint density at radius 2 is 1.67 bits per heavy atom. The van der Waals surface area contributed by atoms with Crippen molar-refractivity contribution in [2.45, 2.75) is 64.1 Å². The van der Waals surface area contributed by atoms with Gasteiger partial charge in [0.15, 0.2) is 0 Å². The molecule has 162 valence electrons. The minimum absolute atomic E-state index is 0.0540. The number of aryl methyl sites for hydroxylation is 1. The molecule has 2 amide bonds. The molecule has 0 radical (unpaired) electrons. The van der Waals surface area contributed by atoms with Crippen LogP contribution in [0.4, 0.5) is 0 Å². The SMILES string of the molecule is CC[C@H](C(=O)N[C@@H](C)CC)N(Cc1ccc(C)cc1)C(=O)CSc1ccc(Cl)cc1. The maximum absolute atomic E-state index is 13.2. The summed E-state index contributed by atoms with van der Waals surface area (Å²) < 4.78 is 0. The highest BCUT2D eigenvalue weighted by Gasteiger charge is 2.29. The molecule has 0 aliphatic heterocycles. The van der Waals surface area contributed by atoms with E-state index in [2.05, 4.69) is 5.32 Å². The van der Waals surface area contributed by atoms with Crippen LogP contribution in [0.1, 0.15) is 44.7 Å². The van der Waals surface area contributed by atoms with E-state index in [4.69, 9.17) is 11.6 Å². The Kier molecular flexibility index (Phi) is 9.73. The number of amides is 2. The average molecular weight is 447 g/mol. The summed E-state index contributed by atoms with van der Waals surface area (Å²) in [5, 5.41) is 3.70. The summed E-state index contributed by atoms with van der Waals surface area (Å²) in [7, 11) is 0. The van der Waals surface area contributed by atoms with Gasteiger partial charge in [0.05, 0.1) is 5.75 Å². The van der Waals surface area contributed by atoms with E-state index in [1.54, 1.807) is 4.90 Å². The fraction of sp³-hybridized carbons (Fsp3) is 0.417. The zero-order valence-corrected chi connectivity index (χ0v) is 19.7. The van der Waals surface area contributed by atoms with Gasteiger partial charge in [0, 0.05) is 22.5 Å². The van der Waals surface area contributed by atoms with Gasteiger partial charge >= 0.3 is 0 Å². The van der Waals surface area contributed by atoms with Gasteiger partial charge in [0.1, 0.15) is 6.04 Å². The van der Waals surface area contributed by atoms with Gasteiger partial charge in [-0.1, -0.05) is 55.3 Å². The molecule has 0 bridgehead atoms. The highest BCUT2D eigenvalue weighted by atomic mass is 35.5. The molecule has 30 heavy (non-hydrogen) atoms. The van der Waals surface area contributed by atoms with Gasteiger partial charge in [-0.25, -0.2) is 0 Å². The number of benzene rings is 2. The van der Waals surface area contributed by atoms with E-state index in [-0.39, 0.29) is 23.6 Å². The minimum Gasteiger partial charge on any atom is -0.352 e. The lowest BCUT2D eigenvalue weighted by Gasteiger charge is -2.31. The molecule has 0 heterocycles. The van der Waals surface area contributed by atoms with Crippen LogP contribution >= 0.6 is 23.4 Å². The molecule has 0 spiro atoms. The summed E-state index contributed by atoms with van der Waals surface area (Å²) in [6, 6.07) is 15.1. The fourth-order valence-corrected chi connectivity index (χ4v) is 3.92. The molecule has 2 aromatic carbocycles. The van der Waals surface area contributed by atoms with Gasteiger partial charge in [-0.3, -0.25) is 9.59 Å². The van der Waals surface area contributed by atoms with Crippen molar-refractivity contribution in [2.75, 3.05) is 5.75 Å². The number of carbonyl (C=O) groups excluding carboxylic acids is 2. The lowest BCUT2D eigenvalue weighted by molar-refractivity contribution is -0.139. The quantitative estimate of drug-likeness (QED) is 0.493. The van der Waals surface area contributed by atoms with Gasteiger partial charge in [0.25, 0.3) is 0 Å². The van der Waals surface area contributed by atoms with E-state index in [1.165, 1.54) is 11.8 Å². The van der Waals surface area contributed by atoms with Crippen molar-refractivity contribution in [3.8, 4) is 0 Å². The predicted molar refractivity (Wildman–Crippen MR) is 126 cm³/mol. The number of hydrogen-bond donors (Lipinski definition) is 1. The first-order valence-electron chi connectivity index (χ1n) is 10.4. The molecule has 0 saturated carbocycles. The van der Waals surface area contributed by atoms with Crippen molar-refractivity contribution in [1.29, 1.82) is 0 Å². The maximum atomic E-state index is 13.2. The second-order valence-electron chi connectivity index (χ2n) is 7.49. The van der Waals surface area contributed by atoms with Gasteiger partial charge in [-0.15, -0.1) is 11.8 Å². The number of carbonyl (C=O) groups is 2. The topological polar surface area (TPSA) is 49.4 Å². The summed E-state index contributed by atoms with van der Waals surface area (Å²) in [4.78, 5) is 28.8. The standard InChI is InChI=1S/C24H31ClN2O2S/c1-5-18(4)26-24(29)22(6-2)27(15-19-9-7-17(3)8-10-19)23(28)16-30-21-13-11-20(25)12-14-21/h7-14,18,22H,5-6,15-16H2,1-4H3,(H,26,29)/t18-,22+/m0/s1. The summed E-state index contributed by atoms with van der Waals surface area (Å²) in [6.07, 6.45) is 1.41. The van der Waals surface area contributed by atoms with Crippen LogP contribution < -0.4 is 5.32 Å². The van der Waals surface area contributed by atoms with E-state index in [0.717, 1.165) is 22.4 Å². The van der Waals surface area contributed by atoms with Crippen LogP contribution in [0.3, 0.4) is 0 Å². The highest BCUT2D eigenvalue weighted by Crippen LogP contribution is 2.22. The summed E-state index contributed by atoms with van der Waals surface area (Å²) in [6.45, 7) is 8.40. The minimum atomic E-state index is -0.501. The average Bonchev–Trinajstić information content (AvgIpc) is 2.74. The third-order valence-corrected chi connectivity index (χ3v) is 6.29. The van der Waals surface area contributed by atoms with Crippen LogP contribution in [0.2, 0.25) is 5.02 Å². The Balaban J connectivity index is 2.19. The van der Waals surface area contributed by atoms with Crippen LogP contribution in [0, 0.1) is 6.92 Å². The zero-order chi connectivity index (χ0) is 22.1. The number of rotatable bonds is 10. The van der Waals surface area contributed by atoms with Crippen molar-refractivity contribution in [2.24, 2.45) is 0 Å². The second kappa shape index (κ2) is 12.0. The predicted octanol–water partition coefficient (Wildman–Crippen LogP) is 5.46. The van der Waals surface area contributed by atoms with E-state index in [0.29, 0.717) is 18.0 Å². The third-order valence-electron chi connectivity index (χ3n) is 5.04. The number of halogens is 1. The smallest absolute Gasteiger partial charge is 0.243 e. The van der Waals surface area contributed by atoms with Gasteiger partial charge in [-0.2, -0.15) is 0 Å². The molecule has 0 fully saturated rings. The molecule has 0 saturated heterocycles. The largest absolute Gasteiger partial charge is 0.352 e. The van der Waals surface area contributed by atoms with E-state index < -0.39 is 6.04 Å². The summed E-state index contributed by atoms with van der Waals surface area (Å²) in [5.41, 5.74) is 2.18. The van der Waals surface area contributed by atoms with E-state index in [1.807, 2.05) is 76.2 Å². The van der Waals surface area contributed by atoms with Gasteiger partial charge in [-0.05, 0) is 56.5 Å². The Bertz CT molecular complexity index is 824. The first-order valence-corrected chi connectivity index (χ1v) is 11.7. The van der Waals surface area contributed by atoms with Crippen LogP contribution in [-0.2, 0) is 16.1 Å². The van der Waals surface area contributed by atoms with Crippen molar-refractivity contribution >= 4 is 35.2 Å². The van der Waals surface area contributed by atoms with Crippen LogP contribution in [0.5, 0.6) is 0 Å². The first-order chi connectivity index (χ1) is 14.3. The Labute approximate surface area is 189 Å². The van der Waals surface area contributed by atoms with Crippen molar-refractivity contribution in [3.05, 3.63) is 64.7 Å². The molecular formula is C24H31ClN2O2S. The molecule has 4 nitrogen and oxygen atoms in total. The second-order valence-corrected chi connectivity index (χ2v) is 8.98. The zero-order valence-electron chi connectivity index (χ0n) is 18.2. The molecule has 0 aromatic heterocycles. The Morgan fingerprint density at radius 3 is 2.23 bits per heavy atom. The van der Waals surface area contributed by atoms with E-state index >= 15 is 0 Å². The molecule has 0 unspecified atom stereocenters. The Hall–Kier alpha value is -1.98. The van der Waals surface area contributed by atoms with E-state index in [9.17, 15) is 9.59 Å². The molecule has 2 rings (SSSR count). The van der Waals surface area contributed by atoms with Gasteiger partial charge in [0.2, 0.25) is 11.8 Å². The van der Waals surface area contributed by atoms with Crippen LogP contribution in [-0.4, -0.2) is 34.6 Å². The van der Waals surface area contributed by atoms with Crippen molar-refractivity contribution < 1.29 is 9.59 Å². The summed E-state index contributed by atoms with van der Waals surface area (Å²) >= 11 is 7.40. The maximum Gasteiger partial charge on any atom is 0.243 e. The highest BCUT2D eigenvalue weighted by molar-refractivity contribution is 8.00. The summed E-state index contributed by atoms with van der Waals surface area (Å²) in [5.74, 6) is 0.117. The lowest BCUT2D eigenvalue weighted by atomic mass is 10.1. The van der Waals surface area contributed by atoms with Crippen molar-refractivity contribution in [3.63, 3.8) is 0 Å². The van der Waals surface area contributed by atoms with Crippen LogP contribution in [0.15, 0.2) is 53.4 Å². The number of hydrogen-bond acceptors (Lipinski definition) is 3. The lowest BCUT2D eigenvalue weighted by Crippen LogP contribution is -2.51. The van der Waals surface area contributed by atoms with Crippen LogP contribution in [0.25, 0.3) is 0 Å². The Morgan fingerprint density at radius 1 is 1.03 bits per heavy atom. The molecule has 2 aromatic rings.